The van der Waals surface area contributed by atoms with E-state index in [1.165, 1.54) is 12.0 Å². The molecule has 8 heteroatoms. The van der Waals surface area contributed by atoms with Crippen LogP contribution in [0.25, 0.3) is 0 Å². The fraction of sp³-hybridized carbons (Fsp3) is 0.750. The van der Waals surface area contributed by atoms with Gasteiger partial charge in [-0.05, 0) is 12.8 Å². The number of nitrogens with zero attached hydrogens (tertiary/aromatic N) is 1. The molecular formula is C12H17NO7. The molecule has 2 saturated heterocycles. The second-order valence-electron chi connectivity index (χ2n) is 4.70. The van der Waals surface area contributed by atoms with Gasteiger partial charge >= 0.3 is 11.9 Å². The van der Waals surface area contributed by atoms with Crippen molar-refractivity contribution in [1.82, 2.24) is 4.90 Å². The zero-order valence-electron chi connectivity index (χ0n) is 11.1. The summed E-state index contributed by atoms with van der Waals surface area (Å²) >= 11 is 0. The van der Waals surface area contributed by atoms with Crippen LogP contribution in [0.2, 0.25) is 0 Å². The van der Waals surface area contributed by atoms with Gasteiger partial charge in [-0.25, -0.2) is 9.59 Å². The van der Waals surface area contributed by atoms with Crippen molar-refractivity contribution < 1.29 is 33.7 Å². The molecule has 3 atom stereocenters. The van der Waals surface area contributed by atoms with Crippen LogP contribution in [0.15, 0.2) is 0 Å². The Morgan fingerprint density at radius 3 is 2.50 bits per heavy atom. The lowest BCUT2D eigenvalue weighted by Crippen LogP contribution is -2.51. The number of aliphatic carboxylic acids is 1. The molecule has 2 fully saturated rings. The third-order valence-electron chi connectivity index (χ3n) is 3.41. The van der Waals surface area contributed by atoms with Crippen LogP contribution in [0.4, 0.5) is 0 Å². The minimum atomic E-state index is -1.06. The van der Waals surface area contributed by atoms with Crippen molar-refractivity contribution in [2.75, 3.05) is 26.8 Å². The Hall–Kier alpha value is -1.67. The van der Waals surface area contributed by atoms with E-state index in [1.807, 2.05) is 0 Å². The summed E-state index contributed by atoms with van der Waals surface area (Å²) in [7, 11) is 1.25. The van der Waals surface area contributed by atoms with Gasteiger partial charge in [0.1, 0.15) is 6.10 Å². The number of carboxylic acids is 1. The van der Waals surface area contributed by atoms with Crippen molar-refractivity contribution in [3.8, 4) is 0 Å². The molecule has 0 aliphatic carbocycles. The Morgan fingerprint density at radius 1 is 1.20 bits per heavy atom. The molecule has 0 saturated carbocycles. The van der Waals surface area contributed by atoms with Gasteiger partial charge in [0.15, 0.2) is 12.2 Å². The number of rotatable bonds is 3. The quantitative estimate of drug-likeness (QED) is 0.665. The van der Waals surface area contributed by atoms with Crippen LogP contribution in [-0.2, 0) is 28.6 Å². The highest BCUT2D eigenvalue weighted by molar-refractivity contribution is 5.84. The monoisotopic (exact) mass is 287 g/mol. The second kappa shape index (κ2) is 6.19. The highest BCUT2D eigenvalue weighted by Crippen LogP contribution is 2.22. The molecule has 8 nitrogen and oxygen atoms in total. The molecule has 112 valence electrons. The molecule has 1 amide bonds. The van der Waals surface area contributed by atoms with Crippen molar-refractivity contribution in [3.05, 3.63) is 0 Å². The van der Waals surface area contributed by atoms with Gasteiger partial charge in [0.25, 0.3) is 5.91 Å². The Labute approximate surface area is 115 Å². The number of carbonyl (C=O) groups excluding carboxylic acids is 2. The highest BCUT2D eigenvalue weighted by Gasteiger charge is 2.39. The van der Waals surface area contributed by atoms with E-state index in [2.05, 4.69) is 4.74 Å². The summed E-state index contributed by atoms with van der Waals surface area (Å²) in [6, 6.07) is 0. The topological polar surface area (TPSA) is 102 Å². The van der Waals surface area contributed by atoms with Crippen LogP contribution in [0.1, 0.15) is 12.8 Å². The normalized spacial score (nSPS) is 30.1. The summed E-state index contributed by atoms with van der Waals surface area (Å²) in [6.07, 6.45) is -1.80. The number of esters is 1. The molecule has 0 radical (unpaired) electrons. The van der Waals surface area contributed by atoms with Gasteiger partial charge in [-0.2, -0.15) is 0 Å². The number of hydrogen-bond donors (Lipinski definition) is 1. The van der Waals surface area contributed by atoms with Crippen LogP contribution in [-0.4, -0.2) is 73.0 Å². The first-order valence-corrected chi connectivity index (χ1v) is 6.39. The molecule has 0 aromatic carbocycles. The van der Waals surface area contributed by atoms with Crippen molar-refractivity contribution in [2.24, 2.45) is 0 Å². The van der Waals surface area contributed by atoms with Gasteiger partial charge in [0, 0.05) is 6.54 Å². The third-order valence-corrected chi connectivity index (χ3v) is 3.41. The average molecular weight is 287 g/mol. The molecule has 2 aliphatic rings. The fourth-order valence-corrected chi connectivity index (χ4v) is 2.33. The van der Waals surface area contributed by atoms with E-state index in [-0.39, 0.29) is 19.1 Å². The van der Waals surface area contributed by atoms with Crippen molar-refractivity contribution in [2.45, 2.75) is 31.2 Å². The largest absolute Gasteiger partial charge is 0.479 e. The Bertz CT molecular complexity index is 411. The SMILES string of the molecule is COC(=O)C1CN(C(=O)[C@@H]2CC[C@H](C(=O)O)O2)CCO1. The van der Waals surface area contributed by atoms with Gasteiger partial charge in [-0.3, -0.25) is 4.79 Å². The van der Waals surface area contributed by atoms with Crippen LogP contribution in [0, 0.1) is 0 Å². The zero-order chi connectivity index (χ0) is 14.7. The maximum absolute atomic E-state index is 12.2. The van der Waals surface area contributed by atoms with E-state index in [1.54, 1.807) is 0 Å². The molecule has 2 heterocycles. The fourth-order valence-electron chi connectivity index (χ4n) is 2.33. The van der Waals surface area contributed by atoms with E-state index in [0.29, 0.717) is 19.4 Å². The Kier molecular flexibility index (Phi) is 4.56. The predicted octanol–water partition coefficient (Wildman–Crippen LogP) is -0.981. The van der Waals surface area contributed by atoms with Crippen molar-refractivity contribution in [3.63, 3.8) is 0 Å². The number of amides is 1. The molecule has 1 unspecified atom stereocenters. The van der Waals surface area contributed by atoms with Crippen LogP contribution in [0.3, 0.4) is 0 Å². The van der Waals surface area contributed by atoms with E-state index >= 15 is 0 Å². The molecular weight excluding hydrogens is 270 g/mol. The highest BCUT2D eigenvalue weighted by atomic mass is 16.6. The van der Waals surface area contributed by atoms with Gasteiger partial charge in [-0.15, -0.1) is 0 Å². The van der Waals surface area contributed by atoms with Gasteiger partial charge < -0.3 is 24.2 Å². The zero-order valence-corrected chi connectivity index (χ0v) is 11.1. The molecule has 0 spiro atoms. The minimum Gasteiger partial charge on any atom is -0.479 e. The standard InChI is InChI=1S/C12H17NO7/c1-18-12(17)9-6-13(4-5-19-9)10(14)7-2-3-8(20-7)11(15)16/h7-9H,2-6H2,1H3,(H,15,16)/t7-,8+,9?/m0/s1. The number of carbonyl (C=O) groups is 3. The lowest BCUT2D eigenvalue weighted by molar-refractivity contribution is -0.166. The summed E-state index contributed by atoms with van der Waals surface area (Å²) in [5, 5.41) is 8.84. The molecule has 0 aromatic rings. The van der Waals surface area contributed by atoms with Crippen LogP contribution in [0.5, 0.6) is 0 Å². The molecule has 2 rings (SSSR count). The Morgan fingerprint density at radius 2 is 1.90 bits per heavy atom. The van der Waals surface area contributed by atoms with E-state index in [4.69, 9.17) is 14.6 Å². The lowest BCUT2D eigenvalue weighted by atomic mass is 10.1. The first-order chi connectivity index (χ1) is 9.52. The molecule has 1 N–H and O–H groups in total. The second-order valence-corrected chi connectivity index (χ2v) is 4.70. The maximum atomic E-state index is 12.2. The lowest BCUT2D eigenvalue weighted by Gasteiger charge is -2.32. The van der Waals surface area contributed by atoms with Gasteiger partial charge in [0.05, 0.1) is 20.3 Å². The predicted molar refractivity (Wildman–Crippen MR) is 63.9 cm³/mol. The minimum absolute atomic E-state index is 0.100. The summed E-state index contributed by atoms with van der Waals surface area (Å²) in [4.78, 5) is 35.9. The molecule has 20 heavy (non-hydrogen) atoms. The van der Waals surface area contributed by atoms with E-state index < -0.39 is 30.3 Å². The number of methoxy groups -OCH3 is 1. The average Bonchev–Trinajstić information content (AvgIpc) is 2.95. The maximum Gasteiger partial charge on any atom is 0.336 e. The van der Waals surface area contributed by atoms with Gasteiger partial charge in [-0.1, -0.05) is 0 Å². The van der Waals surface area contributed by atoms with Crippen LogP contribution < -0.4 is 0 Å². The molecule has 0 aromatic heterocycles. The number of ether oxygens (including phenoxy) is 3. The molecule has 2 aliphatic heterocycles. The molecule has 0 bridgehead atoms. The van der Waals surface area contributed by atoms with Crippen LogP contribution >= 0.6 is 0 Å². The number of morpholine rings is 1. The smallest absolute Gasteiger partial charge is 0.336 e. The summed E-state index contributed by atoms with van der Waals surface area (Å²) < 4.78 is 15.0. The first-order valence-electron chi connectivity index (χ1n) is 6.39. The Balaban J connectivity index is 1.92. The van der Waals surface area contributed by atoms with E-state index in [0.717, 1.165) is 0 Å². The van der Waals surface area contributed by atoms with E-state index in [9.17, 15) is 14.4 Å². The van der Waals surface area contributed by atoms with Crippen molar-refractivity contribution >= 4 is 17.8 Å². The summed E-state index contributed by atoms with van der Waals surface area (Å²) in [6.45, 7) is 0.688. The number of hydrogen-bond acceptors (Lipinski definition) is 6. The number of carboxylic acid groups (broad SMARTS) is 1. The third kappa shape index (κ3) is 3.07. The van der Waals surface area contributed by atoms with Crippen molar-refractivity contribution in [1.29, 1.82) is 0 Å². The first kappa shape index (κ1) is 14.7. The summed E-state index contributed by atoms with van der Waals surface area (Å²) in [5.74, 6) is -1.89. The summed E-state index contributed by atoms with van der Waals surface area (Å²) in [5.41, 5.74) is 0. The van der Waals surface area contributed by atoms with Gasteiger partial charge in [0.2, 0.25) is 0 Å².